The molecule has 0 bridgehead atoms. The number of aromatic nitrogens is 1. The van der Waals surface area contributed by atoms with Gasteiger partial charge in [-0.1, -0.05) is 0 Å². The molecule has 24 heavy (non-hydrogen) atoms. The first-order chi connectivity index (χ1) is 10.6. The van der Waals surface area contributed by atoms with E-state index >= 15 is 0 Å². The number of nitrogens with zero attached hydrogens (tertiary/aromatic N) is 3. The Morgan fingerprint density at radius 3 is 2.75 bits per heavy atom. The minimum Gasteiger partial charge on any atom is -0.300 e. The highest BCUT2D eigenvalue weighted by Crippen LogP contribution is 2.24. The molecule has 0 saturated heterocycles. The summed E-state index contributed by atoms with van der Waals surface area (Å²) in [7, 11) is 2.19. The zero-order chi connectivity index (χ0) is 15.5. The molecular weight excluding hydrogens is 361 g/mol. The molecule has 0 fully saturated rings. The lowest BCUT2D eigenvalue weighted by atomic mass is 9.96. The van der Waals surface area contributed by atoms with Gasteiger partial charge in [-0.2, -0.15) is 11.3 Å². The molecule has 3 nitrogen and oxygen atoms in total. The zero-order valence-electron chi connectivity index (χ0n) is 14.6. The molecule has 0 amide bonds. The summed E-state index contributed by atoms with van der Waals surface area (Å²) < 4.78 is 0. The molecule has 0 spiro atoms. The van der Waals surface area contributed by atoms with Gasteiger partial charge in [-0.15, -0.1) is 24.8 Å². The summed E-state index contributed by atoms with van der Waals surface area (Å²) >= 11 is 1.78. The van der Waals surface area contributed by atoms with E-state index in [1.165, 1.54) is 22.3 Å². The van der Waals surface area contributed by atoms with Crippen molar-refractivity contribution in [2.75, 3.05) is 13.6 Å². The van der Waals surface area contributed by atoms with E-state index in [0.29, 0.717) is 6.04 Å². The van der Waals surface area contributed by atoms with Crippen molar-refractivity contribution in [1.29, 1.82) is 0 Å². The first kappa shape index (κ1) is 21.4. The van der Waals surface area contributed by atoms with Crippen LogP contribution in [-0.2, 0) is 26.1 Å². The lowest BCUT2D eigenvalue weighted by Gasteiger charge is -2.31. The largest absolute Gasteiger partial charge is 0.300 e. The molecule has 6 heteroatoms. The van der Waals surface area contributed by atoms with Gasteiger partial charge in [0, 0.05) is 44.6 Å². The summed E-state index contributed by atoms with van der Waals surface area (Å²) in [5.41, 5.74) is 5.78. The van der Waals surface area contributed by atoms with Crippen molar-refractivity contribution in [2.24, 2.45) is 0 Å². The molecule has 0 N–H and O–H groups in total. The van der Waals surface area contributed by atoms with Crippen LogP contribution in [0, 0.1) is 0 Å². The van der Waals surface area contributed by atoms with Crippen LogP contribution in [-0.4, -0.2) is 34.4 Å². The van der Waals surface area contributed by atoms with Gasteiger partial charge >= 0.3 is 0 Å². The molecule has 3 heterocycles. The van der Waals surface area contributed by atoms with Gasteiger partial charge < -0.3 is 0 Å². The molecule has 134 valence electrons. The predicted molar refractivity (Wildman–Crippen MR) is 107 cm³/mol. The van der Waals surface area contributed by atoms with Crippen molar-refractivity contribution in [3.05, 3.63) is 51.5 Å². The standard InChI is InChI=1S/C18H25N3S.2ClH/c1-14(2)20(3)11-16-8-19-9-17-12-21(6-4-18(16)17)10-15-5-7-22-13-15;;/h5,7-9,13-14H,4,6,10-12H2,1-3H3;2*1H. The summed E-state index contributed by atoms with van der Waals surface area (Å²) in [5, 5.41) is 4.41. The van der Waals surface area contributed by atoms with Gasteiger partial charge in [0.1, 0.15) is 0 Å². The zero-order valence-corrected chi connectivity index (χ0v) is 17.0. The molecule has 2 aromatic heterocycles. The second kappa shape index (κ2) is 9.73. The Hall–Kier alpha value is -0.650. The van der Waals surface area contributed by atoms with Crippen molar-refractivity contribution in [1.82, 2.24) is 14.8 Å². The summed E-state index contributed by atoms with van der Waals surface area (Å²) in [5.74, 6) is 0. The third-order valence-corrected chi connectivity index (χ3v) is 5.33. The van der Waals surface area contributed by atoms with Gasteiger partial charge in [0.2, 0.25) is 0 Å². The predicted octanol–water partition coefficient (Wildman–Crippen LogP) is 4.39. The number of hydrogen-bond acceptors (Lipinski definition) is 4. The Kier molecular flexibility index (Phi) is 8.68. The second-order valence-corrected chi connectivity index (χ2v) is 7.32. The maximum atomic E-state index is 4.49. The van der Waals surface area contributed by atoms with Gasteiger partial charge in [0.15, 0.2) is 0 Å². The minimum absolute atomic E-state index is 0. The van der Waals surface area contributed by atoms with E-state index in [2.05, 4.69) is 64.9 Å². The third kappa shape index (κ3) is 5.17. The van der Waals surface area contributed by atoms with E-state index in [0.717, 1.165) is 32.6 Å². The maximum absolute atomic E-state index is 4.49. The molecular formula is C18H27Cl2N3S. The Morgan fingerprint density at radius 1 is 1.29 bits per heavy atom. The van der Waals surface area contributed by atoms with Crippen LogP contribution in [0.15, 0.2) is 29.2 Å². The van der Waals surface area contributed by atoms with Crippen LogP contribution in [0.5, 0.6) is 0 Å². The highest BCUT2D eigenvalue weighted by Gasteiger charge is 2.20. The number of pyridine rings is 1. The summed E-state index contributed by atoms with van der Waals surface area (Å²) in [4.78, 5) is 9.40. The van der Waals surface area contributed by atoms with Gasteiger partial charge in [0.05, 0.1) is 0 Å². The van der Waals surface area contributed by atoms with E-state index in [9.17, 15) is 0 Å². The number of hydrogen-bond donors (Lipinski definition) is 0. The van der Waals surface area contributed by atoms with Gasteiger partial charge in [-0.25, -0.2) is 0 Å². The monoisotopic (exact) mass is 387 g/mol. The summed E-state index contributed by atoms with van der Waals surface area (Å²) in [6.45, 7) is 8.71. The fourth-order valence-electron chi connectivity index (χ4n) is 2.99. The Morgan fingerprint density at radius 2 is 2.08 bits per heavy atom. The highest BCUT2D eigenvalue weighted by molar-refractivity contribution is 7.07. The average Bonchev–Trinajstić information content (AvgIpc) is 3.00. The SMILES string of the molecule is CC(C)N(C)Cc1cncc2c1CCN(Cc1ccsc1)C2.Cl.Cl. The maximum Gasteiger partial charge on any atom is 0.0315 e. The second-order valence-electron chi connectivity index (χ2n) is 6.54. The van der Waals surface area contributed by atoms with Gasteiger partial charge in [0.25, 0.3) is 0 Å². The Labute approximate surface area is 161 Å². The summed E-state index contributed by atoms with van der Waals surface area (Å²) in [6.07, 6.45) is 5.27. The Bertz CT molecular complexity index is 617. The van der Waals surface area contributed by atoms with Crippen LogP contribution in [0.1, 0.15) is 36.1 Å². The van der Waals surface area contributed by atoms with E-state index < -0.39 is 0 Å². The number of halogens is 2. The first-order valence-electron chi connectivity index (χ1n) is 8.02. The van der Waals surface area contributed by atoms with Crippen LogP contribution < -0.4 is 0 Å². The Balaban J connectivity index is 0.00000144. The summed E-state index contributed by atoms with van der Waals surface area (Å²) in [6, 6.07) is 2.79. The minimum atomic E-state index is 0. The van der Waals surface area contributed by atoms with E-state index in [1.54, 1.807) is 11.3 Å². The van der Waals surface area contributed by atoms with E-state index in [4.69, 9.17) is 0 Å². The van der Waals surface area contributed by atoms with Crippen LogP contribution in [0.3, 0.4) is 0 Å². The normalized spacial score (nSPS) is 14.2. The molecule has 1 aliphatic rings. The lowest BCUT2D eigenvalue weighted by Crippen LogP contribution is -2.32. The topological polar surface area (TPSA) is 19.4 Å². The van der Waals surface area contributed by atoms with Crippen molar-refractivity contribution in [2.45, 2.75) is 45.9 Å². The smallest absolute Gasteiger partial charge is 0.0315 e. The number of rotatable bonds is 5. The third-order valence-electron chi connectivity index (χ3n) is 4.60. The first-order valence-corrected chi connectivity index (χ1v) is 8.96. The van der Waals surface area contributed by atoms with Crippen LogP contribution in [0.2, 0.25) is 0 Å². The van der Waals surface area contributed by atoms with Crippen molar-refractivity contribution < 1.29 is 0 Å². The van der Waals surface area contributed by atoms with Crippen LogP contribution in [0.25, 0.3) is 0 Å². The lowest BCUT2D eigenvalue weighted by molar-refractivity contribution is 0.239. The average molecular weight is 388 g/mol. The fraction of sp³-hybridized carbons (Fsp3) is 0.500. The van der Waals surface area contributed by atoms with Crippen molar-refractivity contribution in [3.63, 3.8) is 0 Å². The van der Waals surface area contributed by atoms with Crippen molar-refractivity contribution in [3.8, 4) is 0 Å². The van der Waals surface area contributed by atoms with Crippen LogP contribution >= 0.6 is 36.2 Å². The molecule has 2 aromatic rings. The number of fused-ring (bicyclic) bond motifs is 1. The highest BCUT2D eigenvalue weighted by atomic mass is 35.5. The number of thiophene rings is 1. The van der Waals surface area contributed by atoms with E-state index in [1.807, 2.05) is 0 Å². The quantitative estimate of drug-likeness (QED) is 0.758. The molecule has 0 atom stereocenters. The molecule has 0 unspecified atom stereocenters. The fourth-order valence-corrected chi connectivity index (χ4v) is 3.65. The molecule has 3 rings (SSSR count). The van der Waals surface area contributed by atoms with Gasteiger partial charge in [-0.3, -0.25) is 14.8 Å². The van der Waals surface area contributed by atoms with E-state index in [-0.39, 0.29) is 24.8 Å². The molecule has 0 aromatic carbocycles. The molecule has 0 saturated carbocycles. The molecule has 0 aliphatic carbocycles. The molecule has 1 aliphatic heterocycles. The van der Waals surface area contributed by atoms with Gasteiger partial charge in [-0.05, 0) is 66.4 Å². The van der Waals surface area contributed by atoms with Crippen molar-refractivity contribution >= 4 is 36.2 Å². The molecule has 0 radical (unpaired) electrons. The van der Waals surface area contributed by atoms with Crippen LogP contribution in [0.4, 0.5) is 0 Å².